The first-order chi connectivity index (χ1) is 13.4. The molecule has 162 valence electrons. The molecule has 6 nitrogen and oxygen atoms in total. The maximum absolute atomic E-state index is 12.2. The van der Waals surface area contributed by atoms with Crippen molar-refractivity contribution >= 4 is 11.9 Å². The van der Waals surface area contributed by atoms with E-state index in [0.717, 1.165) is 51.4 Å². The van der Waals surface area contributed by atoms with Crippen LogP contribution in [0.2, 0.25) is 0 Å². The maximum atomic E-state index is 12.2. The second-order valence-electron chi connectivity index (χ2n) is 8.62. The first kappa shape index (κ1) is 23.1. The van der Waals surface area contributed by atoms with Gasteiger partial charge in [-0.05, 0) is 64.2 Å². The predicted molar refractivity (Wildman–Crippen MR) is 106 cm³/mol. The van der Waals surface area contributed by atoms with Gasteiger partial charge in [0.1, 0.15) is 0 Å². The number of aliphatic carboxylic acids is 2. The van der Waals surface area contributed by atoms with Gasteiger partial charge in [0.2, 0.25) is 0 Å². The van der Waals surface area contributed by atoms with Crippen molar-refractivity contribution in [1.29, 1.82) is 0 Å². The molecule has 6 heteroatoms. The Labute approximate surface area is 169 Å². The van der Waals surface area contributed by atoms with Gasteiger partial charge < -0.3 is 19.7 Å². The van der Waals surface area contributed by atoms with Gasteiger partial charge in [0.15, 0.2) is 0 Å². The van der Waals surface area contributed by atoms with Gasteiger partial charge in [-0.25, -0.2) is 0 Å². The van der Waals surface area contributed by atoms with Gasteiger partial charge in [-0.3, -0.25) is 9.59 Å². The molecule has 2 aliphatic heterocycles. The molecular formula is C22H38O6. The summed E-state index contributed by atoms with van der Waals surface area (Å²) in [6.07, 6.45) is 11.2. The fourth-order valence-electron chi connectivity index (χ4n) is 4.50. The summed E-state index contributed by atoms with van der Waals surface area (Å²) in [4.78, 5) is 23.1. The summed E-state index contributed by atoms with van der Waals surface area (Å²) < 4.78 is 11.3. The molecule has 2 aliphatic rings. The highest BCUT2D eigenvalue weighted by Crippen LogP contribution is 2.40. The summed E-state index contributed by atoms with van der Waals surface area (Å²) >= 11 is 0. The fourth-order valence-corrected chi connectivity index (χ4v) is 4.50. The molecule has 2 N–H and O–H groups in total. The first-order valence-electron chi connectivity index (χ1n) is 11.2. The molecule has 0 aliphatic carbocycles. The van der Waals surface area contributed by atoms with Crippen molar-refractivity contribution in [2.45, 2.75) is 122 Å². The molecule has 0 aromatic heterocycles. The first-order valence-corrected chi connectivity index (χ1v) is 11.2. The van der Waals surface area contributed by atoms with Crippen LogP contribution < -0.4 is 0 Å². The van der Waals surface area contributed by atoms with E-state index in [9.17, 15) is 14.7 Å². The number of carbonyl (C=O) groups is 2. The molecule has 2 fully saturated rings. The molecule has 2 heterocycles. The van der Waals surface area contributed by atoms with Crippen LogP contribution in [0, 0.1) is 5.41 Å². The zero-order chi connectivity index (χ0) is 20.6. The minimum Gasteiger partial charge on any atom is -0.481 e. The van der Waals surface area contributed by atoms with Gasteiger partial charge in [0, 0.05) is 6.42 Å². The van der Waals surface area contributed by atoms with E-state index < -0.39 is 17.4 Å². The molecule has 0 saturated carbocycles. The highest BCUT2D eigenvalue weighted by molar-refractivity contribution is 5.74. The number of hydrogen-bond acceptors (Lipinski definition) is 4. The highest BCUT2D eigenvalue weighted by Gasteiger charge is 2.42. The molecule has 2 saturated heterocycles. The molecule has 0 aromatic carbocycles. The minimum absolute atomic E-state index is 0.0314. The van der Waals surface area contributed by atoms with Gasteiger partial charge in [0.05, 0.1) is 29.8 Å². The van der Waals surface area contributed by atoms with E-state index in [-0.39, 0.29) is 6.42 Å². The van der Waals surface area contributed by atoms with Crippen molar-refractivity contribution in [1.82, 2.24) is 0 Å². The van der Waals surface area contributed by atoms with Gasteiger partial charge in [0.25, 0.3) is 0 Å². The normalized spacial score (nSPS) is 27.9. The molecule has 28 heavy (non-hydrogen) atoms. The number of carboxylic acids is 2. The highest BCUT2D eigenvalue weighted by atomic mass is 16.6. The lowest BCUT2D eigenvalue weighted by Gasteiger charge is -2.29. The van der Waals surface area contributed by atoms with Crippen molar-refractivity contribution in [2.75, 3.05) is 0 Å². The van der Waals surface area contributed by atoms with Crippen LogP contribution in [-0.4, -0.2) is 46.6 Å². The Morgan fingerprint density at radius 1 is 0.750 bits per heavy atom. The van der Waals surface area contributed by atoms with Crippen LogP contribution in [0.5, 0.6) is 0 Å². The average molecular weight is 399 g/mol. The van der Waals surface area contributed by atoms with Crippen molar-refractivity contribution in [3.8, 4) is 0 Å². The van der Waals surface area contributed by atoms with Crippen molar-refractivity contribution in [2.24, 2.45) is 5.41 Å². The Balaban J connectivity index is 1.83. The van der Waals surface area contributed by atoms with Crippen molar-refractivity contribution < 1.29 is 29.3 Å². The zero-order valence-corrected chi connectivity index (χ0v) is 17.5. The van der Waals surface area contributed by atoms with E-state index in [2.05, 4.69) is 13.8 Å². The third-order valence-corrected chi connectivity index (χ3v) is 6.31. The predicted octanol–water partition coefficient (Wildman–Crippen LogP) is 4.79. The van der Waals surface area contributed by atoms with Crippen LogP contribution in [-0.2, 0) is 19.1 Å². The van der Waals surface area contributed by atoms with Gasteiger partial charge in [-0.15, -0.1) is 0 Å². The van der Waals surface area contributed by atoms with Crippen LogP contribution >= 0.6 is 0 Å². The van der Waals surface area contributed by atoms with Gasteiger partial charge >= 0.3 is 11.9 Å². The number of hydrogen-bond donors (Lipinski definition) is 2. The second-order valence-corrected chi connectivity index (χ2v) is 8.62. The standard InChI is InChI=1S/C22H38O6/c1-3-8-16-18(27-16)10-5-13-22(21(25)26,15-7-12-20(23)24)14-6-11-19-17(28-19)9-4-2/h16-19H,3-15H2,1-2H3,(H,23,24)(H,25,26). The summed E-state index contributed by atoms with van der Waals surface area (Å²) in [6.45, 7) is 4.29. The zero-order valence-electron chi connectivity index (χ0n) is 17.5. The Morgan fingerprint density at radius 3 is 1.57 bits per heavy atom. The van der Waals surface area contributed by atoms with Gasteiger partial charge in [-0.2, -0.15) is 0 Å². The Morgan fingerprint density at radius 2 is 1.18 bits per heavy atom. The lowest BCUT2D eigenvalue weighted by Crippen LogP contribution is -2.31. The minimum atomic E-state index is -0.859. The third-order valence-electron chi connectivity index (χ3n) is 6.31. The molecule has 0 aromatic rings. The number of carboxylic acid groups (broad SMARTS) is 2. The lowest BCUT2D eigenvalue weighted by atomic mass is 9.74. The van der Waals surface area contributed by atoms with Crippen LogP contribution in [0.4, 0.5) is 0 Å². The number of epoxide rings is 2. The largest absolute Gasteiger partial charge is 0.481 e. The monoisotopic (exact) mass is 398 g/mol. The molecule has 4 unspecified atom stereocenters. The van der Waals surface area contributed by atoms with Crippen LogP contribution in [0.1, 0.15) is 97.3 Å². The van der Waals surface area contributed by atoms with Crippen molar-refractivity contribution in [3.63, 3.8) is 0 Å². The Kier molecular flexibility index (Phi) is 9.22. The quantitative estimate of drug-likeness (QED) is 0.342. The molecule has 4 atom stereocenters. The molecular weight excluding hydrogens is 360 g/mol. The summed E-state index contributed by atoms with van der Waals surface area (Å²) in [7, 11) is 0. The average Bonchev–Trinajstić information content (AvgIpc) is 3.53. The van der Waals surface area contributed by atoms with Crippen molar-refractivity contribution in [3.05, 3.63) is 0 Å². The topological polar surface area (TPSA) is 99.7 Å². The van der Waals surface area contributed by atoms with E-state index in [0.29, 0.717) is 50.1 Å². The molecule has 0 radical (unpaired) electrons. The van der Waals surface area contributed by atoms with Crippen LogP contribution in [0.3, 0.4) is 0 Å². The van der Waals surface area contributed by atoms with E-state index in [1.54, 1.807) is 0 Å². The van der Waals surface area contributed by atoms with Crippen LogP contribution in [0.15, 0.2) is 0 Å². The van der Waals surface area contributed by atoms with E-state index >= 15 is 0 Å². The van der Waals surface area contributed by atoms with E-state index in [1.807, 2.05) is 0 Å². The molecule has 0 spiro atoms. The maximum Gasteiger partial charge on any atom is 0.309 e. The van der Waals surface area contributed by atoms with Crippen LogP contribution in [0.25, 0.3) is 0 Å². The summed E-state index contributed by atoms with van der Waals surface area (Å²) in [5.41, 5.74) is -0.820. The summed E-state index contributed by atoms with van der Waals surface area (Å²) in [5.74, 6) is -1.64. The fraction of sp³-hybridized carbons (Fsp3) is 0.909. The summed E-state index contributed by atoms with van der Waals surface area (Å²) in [6, 6.07) is 0. The Bertz CT molecular complexity index is 479. The number of ether oxygens (including phenoxy) is 2. The van der Waals surface area contributed by atoms with Gasteiger partial charge in [-0.1, -0.05) is 26.7 Å². The van der Waals surface area contributed by atoms with E-state index in [4.69, 9.17) is 14.6 Å². The number of rotatable bonds is 17. The summed E-state index contributed by atoms with van der Waals surface area (Å²) in [5, 5.41) is 19.0. The SMILES string of the molecule is CCCC1OC1CCCC(CCCC(=O)O)(CCCC1OC1CCC)C(=O)O. The third kappa shape index (κ3) is 7.36. The Hall–Kier alpha value is -1.14. The lowest BCUT2D eigenvalue weighted by molar-refractivity contribution is -0.151. The molecule has 0 bridgehead atoms. The molecule has 0 amide bonds. The molecule has 2 rings (SSSR count). The smallest absolute Gasteiger partial charge is 0.309 e. The van der Waals surface area contributed by atoms with E-state index in [1.165, 1.54) is 0 Å². The second kappa shape index (κ2) is 11.1.